The van der Waals surface area contributed by atoms with Crippen molar-refractivity contribution in [3.05, 3.63) is 59.1 Å². The molecule has 1 amide bonds. The number of anilines is 1. The Balaban J connectivity index is 2.01. The maximum atomic E-state index is 12.2. The highest BCUT2D eigenvalue weighted by atomic mass is 16.5. The summed E-state index contributed by atoms with van der Waals surface area (Å²) in [6, 6.07) is 11.6. The van der Waals surface area contributed by atoms with Crippen molar-refractivity contribution >= 4 is 23.6 Å². The number of hydrogen-bond donors (Lipinski definition) is 1. The van der Waals surface area contributed by atoms with Crippen LogP contribution >= 0.6 is 0 Å². The summed E-state index contributed by atoms with van der Waals surface area (Å²) in [5.41, 5.74) is 0.792. The molecular formula is C20H20N2O4. The molecular weight excluding hydrogens is 332 g/mol. The van der Waals surface area contributed by atoms with Crippen molar-refractivity contribution < 1.29 is 18.7 Å². The van der Waals surface area contributed by atoms with Gasteiger partial charge in [-0.3, -0.25) is 4.79 Å². The Bertz CT molecular complexity index is 841. The summed E-state index contributed by atoms with van der Waals surface area (Å²) in [4.78, 5) is 24.1. The highest BCUT2D eigenvalue weighted by Gasteiger charge is 2.12. The van der Waals surface area contributed by atoms with Crippen molar-refractivity contribution in [2.45, 2.75) is 26.7 Å². The van der Waals surface area contributed by atoms with E-state index in [4.69, 9.17) is 9.15 Å². The Labute approximate surface area is 152 Å². The van der Waals surface area contributed by atoms with Gasteiger partial charge in [0.05, 0.1) is 12.2 Å². The molecule has 2 aromatic rings. The molecule has 0 radical (unpaired) electrons. The minimum atomic E-state index is -0.556. The molecule has 6 heteroatoms. The molecule has 0 unspecified atom stereocenters. The zero-order valence-corrected chi connectivity index (χ0v) is 14.7. The molecule has 0 bridgehead atoms. The van der Waals surface area contributed by atoms with Crippen LogP contribution in [-0.2, 0) is 9.53 Å². The third-order valence-electron chi connectivity index (χ3n) is 3.52. The van der Waals surface area contributed by atoms with E-state index in [1.54, 1.807) is 43.3 Å². The van der Waals surface area contributed by atoms with Gasteiger partial charge < -0.3 is 14.5 Å². The normalized spacial score (nSPS) is 10.9. The molecule has 6 nitrogen and oxygen atoms in total. The number of unbranched alkanes of at least 4 members (excludes halogenated alkanes) is 1. The van der Waals surface area contributed by atoms with Crippen LogP contribution in [0.15, 0.2) is 46.4 Å². The number of benzene rings is 1. The minimum absolute atomic E-state index is 0.0811. The van der Waals surface area contributed by atoms with Crippen LogP contribution in [0.3, 0.4) is 0 Å². The number of hydrogen-bond acceptors (Lipinski definition) is 5. The number of amides is 1. The van der Waals surface area contributed by atoms with Crippen molar-refractivity contribution in [3.63, 3.8) is 0 Å². The predicted octanol–water partition coefficient (Wildman–Crippen LogP) is 4.09. The van der Waals surface area contributed by atoms with Crippen LogP contribution < -0.4 is 5.32 Å². The van der Waals surface area contributed by atoms with Gasteiger partial charge in [-0.25, -0.2) is 4.79 Å². The summed E-state index contributed by atoms with van der Waals surface area (Å²) in [5.74, 6) is 0.164. The maximum Gasteiger partial charge on any atom is 0.338 e. The van der Waals surface area contributed by atoms with Gasteiger partial charge in [0.25, 0.3) is 5.91 Å². The van der Waals surface area contributed by atoms with E-state index in [2.05, 4.69) is 5.32 Å². The lowest BCUT2D eigenvalue weighted by Gasteiger charge is -2.06. The summed E-state index contributed by atoms with van der Waals surface area (Å²) < 4.78 is 10.5. The molecule has 0 aliphatic heterocycles. The number of nitriles is 1. The molecule has 0 saturated heterocycles. The molecule has 1 heterocycles. The van der Waals surface area contributed by atoms with Crippen LogP contribution in [0.2, 0.25) is 0 Å². The average Bonchev–Trinajstić information content (AvgIpc) is 3.05. The van der Waals surface area contributed by atoms with Crippen LogP contribution in [0, 0.1) is 18.3 Å². The van der Waals surface area contributed by atoms with Gasteiger partial charge in [-0.1, -0.05) is 13.3 Å². The minimum Gasteiger partial charge on any atom is -0.462 e. The topological polar surface area (TPSA) is 92.3 Å². The number of nitrogens with zero attached hydrogens (tertiary/aromatic N) is 1. The second-order valence-corrected chi connectivity index (χ2v) is 5.64. The molecule has 2 rings (SSSR count). The van der Waals surface area contributed by atoms with Gasteiger partial charge in [0.15, 0.2) is 0 Å². The smallest absolute Gasteiger partial charge is 0.338 e. The van der Waals surface area contributed by atoms with E-state index < -0.39 is 11.9 Å². The predicted molar refractivity (Wildman–Crippen MR) is 97.3 cm³/mol. The molecule has 0 atom stereocenters. The van der Waals surface area contributed by atoms with Gasteiger partial charge in [-0.15, -0.1) is 0 Å². The lowest BCUT2D eigenvalue weighted by molar-refractivity contribution is -0.112. The number of aryl methyl sites for hydroxylation is 1. The van der Waals surface area contributed by atoms with E-state index in [1.807, 2.05) is 13.0 Å². The first kappa shape index (κ1) is 19.0. The van der Waals surface area contributed by atoms with E-state index in [0.29, 0.717) is 29.4 Å². The zero-order valence-electron chi connectivity index (χ0n) is 14.7. The molecule has 0 fully saturated rings. The van der Waals surface area contributed by atoms with Crippen molar-refractivity contribution in [2.24, 2.45) is 0 Å². The molecule has 134 valence electrons. The number of carbonyl (C=O) groups is 2. The van der Waals surface area contributed by atoms with Gasteiger partial charge in [0, 0.05) is 11.8 Å². The summed E-state index contributed by atoms with van der Waals surface area (Å²) in [6.45, 7) is 4.18. The Morgan fingerprint density at radius 1 is 1.23 bits per heavy atom. The number of esters is 1. The SMILES string of the molecule is CCCCOC(=O)c1ccc(NC(=O)/C(C#N)=C\c2ccc(C)o2)cc1. The summed E-state index contributed by atoms with van der Waals surface area (Å²) in [5, 5.41) is 11.8. The van der Waals surface area contributed by atoms with Crippen molar-refractivity contribution in [2.75, 3.05) is 11.9 Å². The Hall–Kier alpha value is -3.33. The Kier molecular flexibility index (Phi) is 6.75. The van der Waals surface area contributed by atoms with Crippen LogP contribution in [-0.4, -0.2) is 18.5 Å². The van der Waals surface area contributed by atoms with Gasteiger partial charge in [0.1, 0.15) is 23.2 Å². The molecule has 0 aliphatic carbocycles. The molecule has 0 saturated carbocycles. The van der Waals surface area contributed by atoms with Gasteiger partial charge in [-0.05, 0) is 49.7 Å². The van der Waals surface area contributed by atoms with E-state index in [-0.39, 0.29) is 5.57 Å². The van der Waals surface area contributed by atoms with E-state index >= 15 is 0 Å². The molecule has 1 aromatic carbocycles. The quantitative estimate of drug-likeness (QED) is 0.351. The lowest BCUT2D eigenvalue weighted by Crippen LogP contribution is -2.13. The van der Waals surface area contributed by atoms with Gasteiger partial charge in [0.2, 0.25) is 0 Å². The van der Waals surface area contributed by atoms with E-state index in [0.717, 1.165) is 12.8 Å². The third kappa shape index (κ3) is 5.35. The van der Waals surface area contributed by atoms with E-state index in [9.17, 15) is 14.9 Å². The number of ether oxygens (including phenoxy) is 1. The molecule has 1 N–H and O–H groups in total. The standard InChI is InChI=1S/C20H20N2O4/c1-3-4-11-25-20(24)15-6-8-17(9-7-15)22-19(23)16(13-21)12-18-10-5-14(2)26-18/h5-10,12H,3-4,11H2,1-2H3,(H,22,23)/b16-12-. The highest BCUT2D eigenvalue weighted by molar-refractivity contribution is 6.09. The van der Waals surface area contributed by atoms with Crippen LogP contribution in [0.4, 0.5) is 5.69 Å². The van der Waals surface area contributed by atoms with Crippen molar-refractivity contribution in [1.29, 1.82) is 5.26 Å². The van der Waals surface area contributed by atoms with Gasteiger partial charge >= 0.3 is 5.97 Å². The van der Waals surface area contributed by atoms with Gasteiger partial charge in [-0.2, -0.15) is 5.26 Å². The second-order valence-electron chi connectivity index (χ2n) is 5.64. The monoisotopic (exact) mass is 352 g/mol. The lowest BCUT2D eigenvalue weighted by atomic mass is 10.2. The number of rotatable bonds is 7. The first-order valence-corrected chi connectivity index (χ1v) is 8.30. The number of nitrogens with one attached hydrogen (secondary N) is 1. The average molecular weight is 352 g/mol. The van der Waals surface area contributed by atoms with Crippen LogP contribution in [0.5, 0.6) is 0 Å². The maximum absolute atomic E-state index is 12.2. The van der Waals surface area contributed by atoms with E-state index in [1.165, 1.54) is 6.08 Å². The molecule has 0 aliphatic rings. The summed E-state index contributed by atoms with van der Waals surface area (Å²) >= 11 is 0. The molecule has 0 spiro atoms. The van der Waals surface area contributed by atoms with Crippen LogP contribution in [0.1, 0.15) is 41.6 Å². The fourth-order valence-electron chi connectivity index (χ4n) is 2.10. The second kappa shape index (κ2) is 9.23. The third-order valence-corrected chi connectivity index (χ3v) is 3.52. The number of furan rings is 1. The largest absolute Gasteiger partial charge is 0.462 e. The first-order valence-electron chi connectivity index (χ1n) is 8.30. The summed E-state index contributed by atoms with van der Waals surface area (Å²) in [6.07, 6.45) is 3.14. The fourth-order valence-corrected chi connectivity index (χ4v) is 2.10. The molecule has 1 aromatic heterocycles. The highest BCUT2D eigenvalue weighted by Crippen LogP contribution is 2.15. The van der Waals surface area contributed by atoms with Crippen LogP contribution in [0.25, 0.3) is 6.08 Å². The van der Waals surface area contributed by atoms with Crippen molar-refractivity contribution in [3.8, 4) is 6.07 Å². The summed E-state index contributed by atoms with van der Waals surface area (Å²) in [7, 11) is 0. The Morgan fingerprint density at radius 3 is 2.54 bits per heavy atom. The zero-order chi connectivity index (χ0) is 18.9. The number of carbonyl (C=O) groups excluding carboxylic acids is 2. The first-order chi connectivity index (χ1) is 12.5. The fraction of sp³-hybridized carbons (Fsp3) is 0.250. The Morgan fingerprint density at radius 2 is 1.96 bits per heavy atom. The van der Waals surface area contributed by atoms with Crippen molar-refractivity contribution in [1.82, 2.24) is 0 Å². The molecule has 26 heavy (non-hydrogen) atoms.